The molecule has 0 aromatic heterocycles. The highest BCUT2D eigenvalue weighted by Crippen LogP contribution is 2.17. The summed E-state index contributed by atoms with van der Waals surface area (Å²) in [7, 11) is 1.67. The highest BCUT2D eigenvalue weighted by molar-refractivity contribution is 5.82. The van der Waals surface area contributed by atoms with E-state index in [0.29, 0.717) is 19.1 Å². The number of nitrogens with one attached hydrogen (secondary N) is 1. The fraction of sp³-hybridized carbons (Fsp3) is 0.917. The van der Waals surface area contributed by atoms with Crippen molar-refractivity contribution >= 4 is 5.91 Å². The molecule has 2 unspecified atom stereocenters. The van der Waals surface area contributed by atoms with E-state index in [1.807, 2.05) is 18.7 Å². The number of amides is 1. The van der Waals surface area contributed by atoms with Gasteiger partial charge in [0.05, 0.1) is 12.6 Å². The molecule has 1 aliphatic rings. The van der Waals surface area contributed by atoms with Gasteiger partial charge in [0, 0.05) is 19.7 Å². The highest BCUT2D eigenvalue weighted by Gasteiger charge is 2.33. The molecule has 0 aromatic rings. The minimum Gasteiger partial charge on any atom is -0.383 e. The van der Waals surface area contributed by atoms with Gasteiger partial charge in [-0.3, -0.25) is 4.79 Å². The lowest BCUT2D eigenvalue weighted by Gasteiger charge is -2.30. The van der Waals surface area contributed by atoms with E-state index < -0.39 is 0 Å². The van der Waals surface area contributed by atoms with E-state index in [1.165, 1.54) is 0 Å². The van der Waals surface area contributed by atoms with E-state index in [0.717, 1.165) is 13.0 Å². The van der Waals surface area contributed by atoms with E-state index in [4.69, 9.17) is 4.74 Å². The Hall–Kier alpha value is -0.610. The van der Waals surface area contributed by atoms with Crippen molar-refractivity contribution in [2.45, 2.75) is 39.3 Å². The number of carbonyl (C=O) groups excluding carboxylic acids is 1. The van der Waals surface area contributed by atoms with Crippen LogP contribution < -0.4 is 5.32 Å². The molecule has 1 saturated heterocycles. The van der Waals surface area contributed by atoms with Gasteiger partial charge in [0.2, 0.25) is 5.91 Å². The zero-order valence-corrected chi connectivity index (χ0v) is 10.8. The van der Waals surface area contributed by atoms with Gasteiger partial charge >= 0.3 is 0 Å². The lowest BCUT2D eigenvalue weighted by molar-refractivity contribution is -0.136. The summed E-state index contributed by atoms with van der Waals surface area (Å²) in [5, 5.41) is 3.29. The molecule has 1 heterocycles. The molecule has 0 aromatic carbocycles. The van der Waals surface area contributed by atoms with Gasteiger partial charge in [-0.25, -0.2) is 0 Å². The molecule has 4 nitrogen and oxygen atoms in total. The van der Waals surface area contributed by atoms with Crippen LogP contribution in [0.25, 0.3) is 0 Å². The first-order chi connectivity index (χ1) is 7.57. The third kappa shape index (κ3) is 3.19. The normalized spacial score (nSPS) is 25.1. The molecule has 0 radical (unpaired) electrons. The van der Waals surface area contributed by atoms with Gasteiger partial charge in [-0.15, -0.1) is 0 Å². The molecular formula is C12H24N2O2. The Labute approximate surface area is 98.3 Å². The van der Waals surface area contributed by atoms with Gasteiger partial charge in [-0.2, -0.15) is 0 Å². The fourth-order valence-electron chi connectivity index (χ4n) is 2.16. The maximum atomic E-state index is 12.3. The lowest BCUT2D eigenvalue weighted by atomic mass is 10.0. The van der Waals surface area contributed by atoms with Gasteiger partial charge in [0.1, 0.15) is 0 Å². The predicted molar refractivity (Wildman–Crippen MR) is 64.3 cm³/mol. The molecule has 0 spiro atoms. The van der Waals surface area contributed by atoms with Crippen LogP contribution in [-0.4, -0.2) is 49.7 Å². The Bertz CT molecular complexity index is 231. The molecule has 1 aliphatic heterocycles. The molecule has 16 heavy (non-hydrogen) atoms. The number of hydrogen-bond acceptors (Lipinski definition) is 3. The van der Waals surface area contributed by atoms with E-state index in [1.54, 1.807) is 7.11 Å². The second kappa shape index (κ2) is 6.21. The van der Waals surface area contributed by atoms with Crippen molar-refractivity contribution in [3.8, 4) is 0 Å². The van der Waals surface area contributed by atoms with E-state index >= 15 is 0 Å². The quantitative estimate of drug-likeness (QED) is 0.759. The summed E-state index contributed by atoms with van der Waals surface area (Å²) in [6.07, 6.45) is 1.09. The van der Waals surface area contributed by atoms with Crippen LogP contribution in [0.1, 0.15) is 27.2 Å². The molecule has 4 heteroatoms. The van der Waals surface area contributed by atoms with Crippen LogP contribution in [0.3, 0.4) is 0 Å². The zero-order chi connectivity index (χ0) is 12.1. The van der Waals surface area contributed by atoms with Gasteiger partial charge in [-0.1, -0.05) is 6.92 Å². The second-order valence-electron chi connectivity index (χ2n) is 4.82. The van der Waals surface area contributed by atoms with Crippen molar-refractivity contribution in [3.63, 3.8) is 0 Å². The molecule has 0 saturated carbocycles. The molecule has 2 atom stereocenters. The van der Waals surface area contributed by atoms with Gasteiger partial charge in [-0.05, 0) is 32.7 Å². The molecule has 1 amide bonds. The van der Waals surface area contributed by atoms with Crippen LogP contribution in [0.2, 0.25) is 0 Å². The predicted octanol–water partition coefficient (Wildman–Crippen LogP) is 0.868. The Balaban J connectivity index is 2.59. The van der Waals surface area contributed by atoms with Crippen LogP contribution in [0, 0.1) is 5.92 Å². The fourth-order valence-corrected chi connectivity index (χ4v) is 2.16. The SMILES string of the molecule is COCCN(C(=O)C1NCCC1C)C(C)C. The summed E-state index contributed by atoms with van der Waals surface area (Å²) < 4.78 is 5.05. The second-order valence-corrected chi connectivity index (χ2v) is 4.82. The molecule has 0 bridgehead atoms. The molecule has 94 valence electrons. The number of nitrogens with zero attached hydrogens (tertiary/aromatic N) is 1. The smallest absolute Gasteiger partial charge is 0.240 e. The molecular weight excluding hydrogens is 204 g/mol. The Morgan fingerprint density at radius 3 is 2.69 bits per heavy atom. The van der Waals surface area contributed by atoms with Crippen molar-refractivity contribution in [3.05, 3.63) is 0 Å². The van der Waals surface area contributed by atoms with E-state index in [-0.39, 0.29) is 18.0 Å². The third-order valence-corrected chi connectivity index (χ3v) is 3.24. The summed E-state index contributed by atoms with van der Waals surface area (Å²) in [4.78, 5) is 14.2. The molecule has 0 aliphatic carbocycles. The standard InChI is InChI=1S/C12H24N2O2/c1-9(2)14(7-8-16-4)12(15)11-10(3)5-6-13-11/h9-11,13H,5-8H2,1-4H3. The van der Waals surface area contributed by atoms with Crippen LogP contribution in [0.15, 0.2) is 0 Å². The topological polar surface area (TPSA) is 41.6 Å². The summed E-state index contributed by atoms with van der Waals surface area (Å²) >= 11 is 0. The largest absolute Gasteiger partial charge is 0.383 e. The summed E-state index contributed by atoms with van der Waals surface area (Å²) in [5.41, 5.74) is 0. The van der Waals surface area contributed by atoms with Crippen LogP contribution >= 0.6 is 0 Å². The first-order valence-electron chi connectivity index (χ1n) is 6.10. The number of ether oxygens (including phenoxy) is 1. The zero-order valence-electron chi connectivity index (χ0n) is 10.8. The monoisotopic (exact) mass is 228 g/mol. The summed E-state index contributed by atoms with van der Waals surface area (Å²) in [5.74, 6) is 0.661. The van der Waals surface area contributed by atoms with Crippen molar-refractivity contribution in [2.75, 3.05) is 26.8 Å². The highest BCUT2D eigenvalue weighted by atomic mass is 16.5. The number of carbonyl (C=O) groups is 1. The van der Waals surface area contributed by atoms with Gasteiger partial charge < -0.3 is 15.0 Å². The van der Waals surface area contributed by atoms with Crippen LogP contribution in [0.4, 0.5) is 0 Å². The van der Waals surface area contributed by atoms with Gasteiger partial charge in [0.15, 0.2) is 0 Å². The van der Waals surface area contributed by atoms with Crippen molar-refractivity contribution in [1.29, 1.82) is 0 Å². The average molecular weight is 228 g/mol. The average Bonchev–Trinajstić information content (AvgIpc) is 2.64. The minimum absolute atomic E-state index is 0.000689. The van der Waals surface area contributed by atoms with E-state index in [2.05, 4.69) is 12.2 Å². The Kier molecular flexibility index (Phi) is 5.22. The van der Waals surface area contributed by atoms with Crippen molar-refractivity contribution in [2.24, 2.45) is 5.92 Å². The van der Waals surface area contributed by atoms with Gasteiger partial charge in [0.25, 0.3) is 0 Å². The first-order valence-corrected chi connectivity index (χ1v) is 6.10. The number of methoxy groups -OCH3 is 1. The lowest BCUT2D eigenvalue weighted by Crippen LogP contribution is -2.49. The number of rotatable bonds is 5. The maximum Gasteiger partial charge on any atom is 0.240 e. The Morgan fingerprint density at radius 1 is 1.56 bits per heavy atom. The van der Waals surface area contributed by atoms with Crippen LogP contribution in [-0.2, 0) is 9.53 Å². The molecule has 1 N–H and O–H groups in total. The Morgan fingerprint density at radius 2 is 2.25 bits per heavy atom. The first kappa shape index (κ1) is 13.5. The van der Waals surface area contributed by atoms with Crippen LogP contribution in [0.5, 0.6) is 0 Å². The summed E-state index contributed by atoms with van der Waals surface area (Å²) in [6.45, 7) is 8.47. The minimum atomic E-state index is -0.000689. The van der Waals surface area contributed by atoms with E-state index in [9.17, 15) is 4.79 Å². The van der Waals surface area contributed by atoms with Crippen molar-refractivity contribution in [1.82, 2.24) is 10.2 Å². The molecule has 1 rings (SSSR count). The maximum absolute atomic E-state index is 12.3. The summed E-state index contributed by atoms with van der Waals surface area (Å²) in [6, 6.07) is 0.233. The number of hydrogen-bond donors (Lipinski definition) is 1. The molecule has 1 fully saturated rings. The van der Waals surface area contributed by atoms with Crippen molar-refractivity contribution < 1.29 is 9.53 Å². The third-order valence-electron chi connectivity index (χ3n) is 3.24.